The molecule has 0 spiro atoms. The van der Waals surface area contributed by atoms with E-state index in [1.807, 2.05) is 0 Å². The maximum absolute atomic E-state index is 12.8. The standard InChI is InChI=1S/C8H6FNO3/c9-8-5(2-1-3-10-8)6(11)4-7(12)13/h1-3H,4H2,(H,12,13). The Morgan fingerprint density at radius 3 is 2.77 bits per heavy atom. The van der Waals surface area contributed by atoms with Crippen LogP contribution in [0.2, 0.25) is 0 Å². The van der Waals surface area contributed by atoms with E-state index in [4.69, 9.17) is 5.11 Å². The molecule has 4 nitrogen and oxygen atoms in total. The predicted molar refractivity (Wildman–Crippen MR) is 40.8 cm³/mol. The summed E-state index contributed by atoms with van der Waals surface area (Å²) in [5.41, 5.74) is -0.287. The lowest BCUT2D eigenvalue weighted by molar-refractivity contribution is -0.135. The van der Waals surface area contributed by atoms with Crippen molar-refractivity contribution in [3.05, 3.63) is 29.8 Å². The van der Waals surface area contributed by atoms with E-state index in [0.29, 0.717) is 0 Å². The number of aliphatic carboxylic acids is 1. The molecule has 5 heteroatoms. The lowest BCUT2D eigenvalue weighted by atomic mass is 10.1. The van der Waals surface area contributed by atoms with Crippen molar-refractivity contribution in [3.63, 3.8) is 0 Å². The van der Waals surface area contributed by atoms with Gasteiger partial charge < -0.3 is 5.11 Å². The number of nitrogens with zero attached hydrogens (tertiary/aromatic N) is 1. The highest BCUT2D eigenvalue weighted by atomic mass is 19.1. The quantitative estimate of drug-likeness (QED) is 0.429. The number of hydrogen-bond acceptors (Lipinski definition) is 3. The van der Waals surface area contributed by atoms with Crippen LogP contribution in [-0.2, 0) is 4.79 Å². The molecule has 1 aromatic rings. The highest BCUT2D eigenvalue weighted by Gasteiger charge is 2.14. The van der Waals surface area contributed by atoms with Crippen LogP contribution in [0.4, 0.5) is 4.39 Å². The predicted octanol–water partition coefficient (Wildman–Crippen LogP) is 0.878. The van der Waals surface area contributed by atoms with Crippen LogP contribution in [0.3, 0.4) is 0 Å². The monoisotopic (exact) mass is 183 g/mol. The van der Waals surface area contributed by atoms with Crippen molar-refractivity contribution in [1.82, 2.24) is 4.98 Å². The third-order valence-electron chi connectivity index (χ3n) is 1.37. The summed E-state index contributed by atoms with van der Waals surface area (Å²) in [7, 11) is 0. The molecular weight excluding hydrogens is 177 g/mol. The molecular formula is C8H6FNO3. The van der Waals surface area contributed by atoms with Gasteiger partial charge in [0.2, 0.25) is 5.95 Å². The fourth-order valence-electron chi connectivity index (χ4n) is 0.827. The van der Waals surface area contributed by atoms with Gasteiger partial charge >= 0.3 is 5.97 Å². The maximum atomic E-state index is 12.8. The number of carboxylic acid groups (broad SMARTS) is 1. The van der Waals surface area contributed by atoms with Crippen molar-refractivity contribution in [1.29, 1.82) is 0 Å². The number of carbonyl (C=O) groups is 2. The minimum atomic E-state index is -1.28. The summed E-state index contributed by atoms with van der Waals surface area (Å²) in [6.07, 6.45) is 0.468. The van der Waals surface area contributed by atoms with Gasteiger partial charge in [0.05, 0.1) is 5.56 Å². The van der Waals surface area contributed by atoms with Gasteiger partial charge in [-0.3, -0.25) is 9.59 Å². The average molecular weight is 183 g/mol. The zero-order valence-electron chi connectivity index (χ0n) is 6.53. The van der Waals surface area contributed by atoms with E-state index in [2.05, 4.69) is 4.98 Å². The molecule has 68 valence electrons. The van der Waals surface area contributed by atoms with Crippen molar-refractivity contribution in [2.75, 3.05) is 0 Å². The molecule has 0 radical (unpaired) electrons. The van der Waals surface area contributed by atoms with E-state index in [1.165, 1.54) is 18.3 Å². The smallest absolute Gasteiger partial charge is 0.311 e. The number of halogens is 1. The van der Waals surface area contributed by atoms with Gasteiger partial charge in [0.15, 0.2) is 5.78 Å². The van der Waals surface area contributed by atoms with E-state index in [1.54, 1.807) is 0 Å². The van der Waals surface area contributed by atoms with Gasteiger partial charge in [-0.15, -0.1) is 0 Å². The van der Waals surface area contributed by atoms with Gasteiger partial charge in [-0.25, -0.2) is 4.98 Å². The summed E-state index contributed by atoms with van der Waals surface area (Å²) in [5.74, 6) is -3.00. The molecule has 1 heterocycles. The van der Waals surface area contributed by atoms with Gasteiger partial charge in [-0.1, -0.05) is 0 Å². The average Bonchev–Trinajstić information content (AvgIpc) is 2.03. The molecule has 0 amide bonds. The van der Waals surface area contributed by atoms with Crippen LogP contribution in [0.5, 0.6) is 0 Å². The number of carbonyl (C=O) groups excluding carboxylic acids is 1. The molecule has 0 aliphatic rings. The van der Waals surface area contributed by atoms with Crippen LogP contribution in [0.25, 0.3) is 0 Å². The highest BCUT2D eigenvalue weighted by molar-refractivity contribution is 6.05. The topological polar surface area (TPSA) is 67.3 Å². The Morgan fingerprint density at radius 1 is 1.54 bits per heavy atom. The molecule has 0 atom stereocenters. The molecule has 0 unspecified atom stereocenters. The number of ketones is 1. The van der Waals surface area contributed by atoms with Gasteiger partial charge in [0.25, 0.3) is 0 Å². The van der Waals surface area contributed by atoms with Crippen LogP contribution in [0.1, 0.15) is 16.8 Å². The summed E-state index contributed by atoms with van der Waals surface area (Å²) < 4.78 is 12.8. The van der Waals surface area contributed by atoms with Crippen molar-refractivity contribution < 1.29 is 19.1 Å². The molecule has 0 saturated heterocycles. The minimum Gasteiger partial charge on any atom is -0.481 e. The first kappa shape index (κ1) is 9.31. The summed E-state index contributed by atoms with van der Waals surface area (Å²) in [5, 5.41) is 8.27. The zero-order chi connectivity index (χ0) is 9.84. The maximum Gasteiger partial charge on any atom is 0.311 e. The molecule has 0 bridgehead atoms. The lowest BCUT2D eigenvalue weighted by Crippen LogP contribution is -2.09. The molecule has 0 aliphatic heterocycles. The number of aromatic nitrogens is 1. The normalized spacial score (nSPS) is 9.62. The van der Waals surface area contributed by atoms with Gasteiger partial charge in [-0.05, 0) is 12.1 Å². The fraction of sp³-hybridized carbons (Fsp3) is 0.125. The molecule has 1 rings (SSSR count). The fourth-order valence-corrected chi connectivity index (χ4v) is 0.827. The van der Waals surface area contributed by atoms with Crippen molar-refractivity contribution >= 4 is 11.8 Å². The first-order valence-corrected chi connectivity index (χ1v) is 3.47. The zero-order valence-corrected chi connectivity index (χ0v) is 6.53. The SMILES string of the molecule is O=C(O)CC(=O)c1cccnc1F. The summed E-state index contributed by atoms with van der Waals surface area (Å²) in [6, 6.07) is 2.58. The number of hydrogen-bond donors (Lipinski definition) is 1. The minimum absolute atomic E-state index is 0.287. The molecule has 0 aliphatic carbocycles. The van der Waals surface area contributed by atoms with E-state index >= 15 is 0 Å². The second kappa shape index (κ2) is 3.75. The Hall–Kier alpha value is -1.78. The second-order valence-corrected chi connectivity index (χ2v) is 2.34. The highest BCUT2D eigenvalue weighted by Crippen LogP contribution is 2.06. The van der Waals surface area contributed by atoms with Crippen LogP contribution in [0.15, 0.2) is 18.3 Å². The molecule has 0 fully saturated rings. The third-order valence-corrected chi connectivity index (χ3v) is 1.37. The van der Waals surface area contributed by atoms with Crippen molar-refractivity contribution in [3.8, 4) is 0 Å². The van der Waals surface area contributed by atoms with Crippen LogP contribution in [-0.4, -0.2) is 21.8 Å². The molecule has 0 saturated carbocycles. The Labute approximate surface area is 73.0 Å². The first-order valence-electron chi connectivity index (χ1n) is 3.47. The Bertz CT molecular complexity index is 351. The van der Waals surface area contributed by atoms with Gasteiger partial charge in [0.1, 0.15) is 6.42 Å². The van der Waals surface area contributed by atoms with E-state index < -0.39 is 24.1 Å². The van der Waals surface area contributed by atoms with Gasteiger partial charge in [-0.2, -0.15) is 4.39 Å². The Kier molecular flexibility index (Phi) is 2.69. The van der Waals surface area contributed by atoms with E-state index in [0.717, 1.165) is 0 Å². The third kappa shape index (κ3) is 2.33. The number of carboxylic acids is 1. The summed E-state index contributed by atoms with van der Waals surface area (Å²) >= 11 is 0. The van der Waals surface area contributed by atoms with Crippen LogP contribution in [0, 0.1) is 5.95 Å². The second-order valence-electron chi connectivity index (χ2n) is 2.34. The van der Waals surface area contributed by atoms with Crippen molar-refractivity contribution in [2.45, 2.75) is 6.42 Å². The van der Waals surface area contributed by atoms with Crippen LogP contribution >= 0.6 is 0 Å². The molecule has 13 heavy (non-hydrogen) atoms. The van der Waals surface area contributed by atoms with E-state index in [-0.39, 0.29) is 5.56 Å². The first-order chi connectivity index (χ1) is 6.11. The summed E-state index contributed by atoms with van der Waals surface area (Å²) in [6.45, 7) is 0. The molecule has 0 aromatic carbocycles. The molecule has 1 aromatic heterocycles. The molecule has 1 N–H and O–H groups in total. The largest absolute Gasteiger partial charge is 0.481 e. The van der Waals surface area contributed by atoms with Crippen molar-refractivity contribution in [2.24, 2.45) is 0 Å². The Balaban J connectivity index is 2.89. The number of pyridine rings is 1. The number of rotatable bonds is 3. The summed E-state index contributed by atoms with van der Waals surface area (Å²) in [4.78, 5) is 24.4. The van der Waals surface area contributed by atoms with Gasteiger partial charge in [0, 0.05) is 6.20 Å². The lowest BCUT2D eigenvalue weighted by Gasteiger charge is -1.97. The van der Waals surface area contributed by atoms with Crippen LogP contribution < -0.4 is 0 Å². The van der Waals surface area contributed by atoms with E-state index in [9.17, 15) is 14.0 Å². The number of Topliss-reactive ketones (excluding diaryl/α,β-unsaturated/α-hetero) is 1. The Morgan fingerprint density at radius 2 is 2.23 bits per heavy atom.